The maximum absolute atomic E-state index is 13.6. The molecule has 1 aromatic heterocycles. The van der Waals surface area contributed by atoms with Gasteiger partial charge in [0.2, 0.25) is 0 Å². The molecule has 0 atom stereocenters. The van der Waals surface area contributed by atoms with Gasteiger partial charge in [-0.1, -0.05) is 12.1 Å². The summed E-state index contributed by atoms with van der Waals surface area (Å²) < 4.78 is 13.6. The molecule has 1 aromatic carbocycles. The Hall–Kier alpha value is -1.88. The first-order chi connectivity index (χ1) is 9.24. The number of halogens is 1. The summed E-state index contributed by atoms with van der Waals surface area (Å²) >= 11 is 0. The van der Waals surface area contributed by atoms with Crippen molar-refractivity contribution in [2.45, 2.75) is 6.92 Å². The van der Waals surface area contributed by atoms with Crippen molar-refractivity contribution in [1.29, 1.82) is 0 Å². The van der Waals surface area contributed by atoms with Gasteiger partial charge in [0.25, 0.3) is 0 Å². The summed E-state index contributed by atoms with van der Waals surface area (Å²) in [6.07, 6.45) is 0. The summed E-state index contributed by atoms with van der Waals surface area (Å²) in [6, 6.07) is 7.23. The summed E-state index contributed by atoms with van der Waals surface area (Å²) in [5.41, 5.74) is 2.34. The van der Waals surface area contributed by atoms with E-state index in [2.05, 4.69) is 20.4 Å². The zero-order valence-corrected chi connectivity index (χ0v) is 10.9. The van der Waals surface area contributed by atoms with Crippen molar-refractivity contribution in [2.24, 2.45) is 0 Å². The van der Waals surface area contributed by atoms with Crippen LogP contribution in [0.15, 0.2) is 24.3 Å². The highest BCUT2D eigenvalue weighted by Gasteiger charge is 2.14. The second-order valence-corrected chi connectivity index (χ2v) is 4.84. The predicted octanol–water partition coefficient (Wildman–Crippen LogP) is 1.93. The summed E-state index contributed by atoms with van der Waals surface area (Å²) in [6.45, 7) is 5.61. The van der Waals surface area contributed by atoms with Crippen molar-refractivity contribution in [3.8, 4) is 11.3 Å². The third-order valence-corrected chi connectivity index (χ3v) is 3.49. The van der Waals surface area contributed by atoms with Crippen LogP contribution in [0.25, 0.3) is 11.3 Å². The topological polar surface area (TPSA) is 44.0 Å². The highest BCUT2D eigenvalue weighted by Crippen LogP contribution is 2.23. The van der Waals surface area contributed by atoms with E-state index in [-0.39, 0.29) is 5.82 Å². The molecule has 2 heterocycles. The smallest absolute Gasteiger partial charge is 0.151 e. The minimum Gasteiger partial charge on any atom is -0.353 e. The Balaban J connectivity index is 1.85. The maximum atomic E-state index is 13.6. The molecule has 0 unspecified atom stereocenters. The maximum Gasteiger partial charge on any atom is 0.151 e. The van der Waals surface area contributed by atoms with Crippen LogP contribution in [0.3, 0.4) is 0 Å². The number of aromatic nitrogens is 2. The van der Waals surface area contributed by atoms with Gasteiger partial charge in [0.1, 0.15) is 5.82 Å². The average molecular weight is 260 g/mol. The number of aryl methyl sites for hydroxylation is 1. The third-order valence-electron chi connectivity index (χ3n) is 3.49. The lowest BCUT2D eigenvalue weighted by Crippen LogP contribution is -2.43. The van der Waals surface area contributed by atoms with Gasteiger partial charge in [-0.25, -0.2) is 4.39 Å². The van der Waals surface area contributed by atoms with Crippen LogP contribution in [-0.2, 0) is 0 Å². The average Bonchev–Trinajstić information content (AvgIpc) is 2.93. The quantitative estimate of drug-likeness (QED) is 0.867. The van der Waals surface area contributed by atoms with Crippen LogP contribution >= 0.6 is 0 Å². The number of hydrogen-bond acceptors (Lipinski definition) is 3. The fraction of sp³-hybridized carbons (Fsp3) is 0.357. The van der Waals surface area contributed by atoms with E-state index >= 15 is 0 Å². The van der Waals surface area contributed by atoms with E-state index < -0.39 is 0 Å². The molecule has 2 aromatic rings. The molecule has 0 amide bonds. The van der Waals surface area contributed by atoms with Gasteiger partial charge in [0, 0.05) is 37.8 Å². The summed E-state index contributed by atoms with van der Waals surface area (Å²) in [5, 5.41) is 10.6. The number of aromatic amines is 1. The number of hydrogen-bond donors (Lipinski definition) is 2. The molecular formula is C14H17FN4. The van der Waals surface area contributed by atoms with E-state index in [1.807, 2.05) is 12.1 Å². The van der Waals surface area contributed by atoms with Crippen LogP contribution in [-0.4, -0.2) is 36.4 Å². The molecule has 1 fully saturated rings. The number of rotatable bonds is 2. The molecule has 5 heteroatoms. The number of piperazine rings is 1. The number of H-pyrrole nitrogens is 1. The van der Waals surface area contributed by atoms with Gasteiger partial charge in [-0.3, -0.25) is 5.10 Å². The zero-order valence-electron chi connectivity index (χ0n) is 10.9. The molecule has 3 rings (SSSR count). The fourth-order valence-corrected chi connectivity index (χ4v) is 2.28. The Morgan fingerprint density at radius 1 is 1.21 bits per heavy atom. The molecule has 0 bridgehead atoms. The van der Waals surface area contributed by atoms with Gasteiger partial charge in [-0.15, -0.1) is 0 Å². The highest BCUT2D eigenvalue weighted by atomic mass is 19.1. The molecule has 1 aliphatic heterocycles. The SMILES string of the molecule is Cc1ccc(-c2cc(N3CCNCC3)n[nH]2)cc1F. The minimum atomic E-state index is -0.184. The van der Waals surface area contributed by atoms with Gasteiger partial charge >= 0.3 is 0 Å². The molecule has 19 heavy (non-hydrogen) atoms. The van der Waals surface area contributed by atoms with E-state index in [0.29, 0.717) is 5.56 Å². The van der Waals surface area contributed by atoms with Crippen LogP contribution in [0.2, 0.25) is 0 Å². The molecule has 1 saturated heterocycles. The van der Waals surface area contributed by atoms with Gasteiger partial charge in [-0.05, 0) is 18.6 Å². The van der Waals surface area contributed by atoms with Crippen molar-refractivity contribution < 1.29 is 4.39 Å². The largest absolute Gasteiger partial charge is 0.353 e. The lowest BCUT2D eigenvalue weighted by atomic mass is 10.1. The lowest BCUT2D eigenvalue weighted by Gasteiger charge is -2.26. The number of nitrogens with one attached hydrogen (secondary N) is 2. The van der Waals surface area contributed by atoms with Crippen molar-refractivity contribution in [1.82, 2.24) is 15.5 Å². The van der Waals surface area contributed by atoms with Crippen LogP contribution < -0.4 is 10.2 Å². The van der Waals surface area contributed by atoms with Crippen LogP contribution in [0, 0.1) is 12.7 Å². The predicted molar refractivity (Wildman–Crippen MR) is 73.8 cm³/mol. The summed E-state index contributed by atoms with van der Waals surface area (Å²) in [7, 11) is 0. The Labute approximate surface area is 111 Å². The van der Waals surface area contributed by atoms with Crippen molar-refractivity contribution in [3.05, 3.63) is 35.6 Å². The van der Waals surface area contributed by atoms with Crippen LogP contribution in [0.5, 0.6) is 0 Å². The van der Waals surface area contributed by atoms with Crippen molar-refractivity contribution in [3.63, 3.8) is 0 Å². The molecular weight excluding hydrogens is 243 g/mol. The molecule has 0 aliphatic carbocycles. The second kappa shape index (κ2) is 5.01. The first-order valence-corrected chi connectivity index (χ1v) is 6.51. The first-order valence-electron chi connectivity index (χ1n) is 6.51. The fourth-order valence-electron chi connectivity index (χ4n) is 2.28. The van der Waals surface area contributed by atoms with E-state index in [1.54, 1.807) is 19.1 Å². The zero-order chi connectivity index (χ0) is 13.2. The van der Waals surface area contributed by atoms with E-state index in [1.165, 1.54) is 0 Å². The molecule has 0 saturated carbocycles. The standard InChI is InChI=1S/C14H17FN4/c1-10-2-3-11(8-12(10)15)13-9-14(18-17-13)19-6-4-16-5-7-19/h2-3,8-9,16H,4-7H2,1H3,(H,17,18). The Bertz CT molecular complexity index is 573. The Morgan fingerprint density at radius 2 is 2.00 bits per heavy atom. The molecule has 4 nitrogen and oxygen atoms in total. The molecule has 1 aliphatic rings. The second-order valence-electron chi connectivity index (χ2n) is 4.84. The van der Waals surface area contributed by atoms with E-state index in [4.69, 9.17) is 0 Å². The molecule has 0 spiro atoms. The monoisotopic (exact) mass is 260 g/mol. The third kappa shape index (κ3) is 2.46. The number of anilines is 1. The van der Waals surface area contributed by atoms with Crippen LogP contribution in [0.4, 0.5) is 10.2 Å². The van der Waals surface area contributed by atoms with Gasteiger partial charge in [0.15, 0.2) is 5.82 Å². The van der Waals surface area contributed by atoms with E-state index in [0.717, 1.165) is 43.3 Å². The van der Waals surface area contributed by atoms with Crippen molar-refractivity contribution >= 4 is 5.82 Å². The van der Waals surface area contributed by atoms with E-state index in [9.17, 15) is 4.39 Å². The van der Waals surface area contributed by atoms with Gasteiger partial charge < -0.3 is 10.2 Å². The van der Waals surface area contributed by atoms with Crippen molar-refractivity contribution in [2.75, 3.05) is 31.1 Å². The van der Waals surface area contributed by atoms with Gasteiger partial charge in [0.05, 0.1) is 5.69 Å². The lowest BCUT2D eigenvalue weighted by molar-refractivity contribution is 0.584. The van der Waals surface area contributed by atoms with Gasteiger partial charge in [-0.2, -0.15) is 5.10 Å². The number of benzene rings is 1. The molecule has 0 radical (unpaired) electrons. The highest BCUT2D eigenvalue weighted by molar-refractivity contribution is 5.63. The Kier molecular flexibility index (Phi) is 3.21. The first kappa shape index (κ1) is 12.2. The minimum absolute atomic E-state index is 0.184. The summed E-state index contributed by atoms with van der Waals surface area (Å²) in [5.74, 6) is 0.744. The summed E-state index contributed by atoms with van der Waals surface area (Å²) in [4.78, 5) is 2.22. The Morgan fingerprint density at radius 3 is 2.74 bits per heavy atom. The molecule has 2 N–H and O–H groups in total. The van der Waals surface area contributed by atoms with Crippen LogP contribution in [0.1, 0.15) is 5.56 Å². The molecule has 100 valence electrons. The number of nitrogens with zero attached hydrogens (tertiary/aromatic N) is 2. The normalized spacial score (nSPS) is 15.8.